The van der Waals surface area contributed by atoms with E-state index in [1.54, 1.807) is 0 Å². The van der Waals surface area contributed by atoms with Crippen LogP contribution in [-0.4, -0.2) is 10.5 Å². The molecule has 5 nitrogen and oxygen atoms in total. The molecule has 18 heavy (non-hydrogen) atoms. The number of hydrogen-bond donors (Lipinski definition) is 2. The Balaban J connectivity index is 2.67. The molecule has 0 aliphatic heterocycles. The highest BCUT2D eigenvalue weighted by Gasteiger charge is 2.13. The van der Waals surface area contributed by atoms with Crippen LogP contribution in [0.5, 0.6) is 0 Å². The highest BCUT2D eigenvalue weighted by Crippen LogP contribution is 2.10. The van der Waals surface area contributed by atoms with Crippen LogP contribution in [-0.2, 0) is 0 Å². The van der Waals surface area contributed by atoms with Crippen molar-refractivity contribution >= 4 is 11.6 Å². The van der Waals surface area contributed by atoms with Gasteiger partial charge >= 0.3 is 0 Å². The van der Waals surface area contributed by atoms with Crippen LogP contribution in [0.4, 0.5) is 10.1 Å². The fourth-order valence-electron chi connectivity index (χ4n) is 1.60. The predicted molar refractivity (Wildman–Crippen MR) is 64.9 cm³/mol. The second kappa shape index (κ2) is 4.33. The topological polar surface area (TPSA) is 91.1 Å². The Labute approximate surface area is 101 Å². The van der Waals surface area contributed by atoms with Crippen LogP contribution in [0.2, 0.25) is 0 Å². The van der Waals surface area contributed by atoms with Crippen LogP contribution in [0, 0.1) is 5.82 Å². The standard InChI is InChI=1S/C12H10FN3O2/c13-7-1-3-8(4-2-7)16-6-5-9(14)10(11(15)17)12(16)18/h1-6H,14H2,(H2,15,17). The molecular formula is C12H10FN3O2. The summed E-state index contributed by atoms with van der Waals surface area (Å²) in [7, 11) is 0. The fraction of sp³-hybridized carbons (Fsp3) is 0. The van der Waals surface area contributed by atoms with E-state index in [1.165, 1.54) is 41.1 Å². The summed E-state index contributed by atoms with van der Waals surface area (Å²) in [6, 6.07) is 6.64. The van der Waals surface area contributed by atoms with Crippen molar-refractivity contribution in [2.45, 2.75) is 0 Å². The van der Waals surface area contributed by atoms with Crippen molar-refractivity contribution in [2.24, 2.45) is 5.73 Å². The van der Waals surface area contributed by atoms with E-state index < -0.39 is 17.3 Å². The highest BCUT2D eigenvalue weighted by atomic mass is 19.1. The first-order valence-corrected chi connectivity index (χ1v) is 5.07. The summed E-state index contributed by atoms with van der Waals surface area (Å²) >= 11 is 0. The number of carbonyl (C=O) groups excluding carboxylic acids is 1. The number of benzene rings is 1. The third-order valence-electron chi connectivity index (χ3n) is 2.48. The van der Waals surface area contributed by atoms with E-state index in [0.717, 1.165) is 0 Å². The summed E-state index contributed by atoms with van der Waals surface area (Å²) in [6.07, 6.45) is 1.40. The van der Waals surface area contributed by atoms with Crippen LogP contribution < -0.4 is 17.0 Å². The van der Waals surface area contributed by atoms with Crippen molar-refractivity contribution < 1.29 is 9.18 Å². The molecule has 0 bridgehead atoms. The second-order valence-electron chi connectivity index (χ2n) is 3.66. The number of nitrogens with two attached hydrogens (primary N) is 2. The Morgan fingerprint density at radius 2 is 1.78 bits per heavy atom. The Hall–Kier alpha value is -2.63. The number of aromatic nitrogens is 1. The van der Waals surface area contributed by atoms with E-state index in [-0.39, 0.29) is 11.3 Å². The number of amides is 1. The number of pyridine rings is 1. The van der Waals surface area contributed by atoms with Gasteiger partial charge in [0.15, 0.2) is 0 Å². The minimum Gasteiger partial charge on any atom is -0.398 e. The molecule has 0 unspecified atom stereocenters. The Morgan fingerprint density at radius 1 is 1.17 bits per heavy atom. The van der Waals surface area contributed by atoms with Crippen molar-refractivity contribution in [1.29, 1.82) is 0 Å². The third kappa shape index (κ3) is 1.95. The third-order valence-corrected chi connectivity index (χ3v) is 2.48. The monoisotopic (exact) mass is 247 g/mol. The van der Waals surface area contributed by atoms with Crippen LogP contribution >= 0.6 is 0 Å². The Kier molecular flexibility index (Phi) is 2.85. The quantitative estimate of drug-likeness (QED) is 0.816. The van der Waals surface area contributed by atoms with Gasteiger partial charge in [-0.2, -0.15) is 0 Å². The molecule has 6 heteroatoms. The summed E-state index contributed by atoms with van der Waals surface area (Å²) < 4.78 is 14.0. The van der Waals surface area contributed by atoms with Gasteiger partial charge < -0.3 is 11.5 Å². The number of carbonyl (C=O) groups is 1. The van der Waals surface area contributed by atoms with Gasteiger partial charge in [0.2, 0.25) is 0 Å². The molecule has 0 aliphatic carbocycles. The van der Waals surface area contributed by atoms with E-state index in [2.05, 4.69) is 0 Å². The molecule has 1 aromatic carbocycles. The maximum absolute atomic E-state index is 12.8. The first kappa shape index (κ1) is 11.8. The minimum atomic E-state index is -0.894. The maximum atomic E-state index is 12.8. The summed E-state index contributed by atoms with van der Waals surface area (Å²) in [6.45, 7) is 0. The van der Waals surface area contributed by atoms with Crippen molar-refractivity contribution in [2.75, 3.05) is 5.73 Å². The molecule has 0 saturated heterocycles. The van der Waals surface area contributed by atoms with Gasteiger partial charge in [0.05, 0.1) is 5.69 Å². The van der Waals surface area contributed by atoms with E-state index >= 15 is 0 Å². The zero-order valence-electron chi connectivity index (χ0n) is 9.26. The normalized spacial score (nSPS) is 10.3. The number of rotatable bonds is 2. The molecule has 0 spiro atoms. The molecule has 2 rings (SSSR count). The van der Waals surface area contributed by atoms with Crippen LogP contribution in [0.15, 0.2) is 41.3 Å². The lowest BCUT2D eigenvalue weighted by Gasteiger charge is -2.08. The van der Waals surface area contributed by atoms with Crippen LogP contribution in [0.3, 0.4) is 0 Å². The molecule has 4 N–H and O–H groups in total. The van der Waals surface area contributed by atoms with Gasteiger partial charge in [-0.05, 0) is 30.3 Å². The van der Waals surface area contributed by atoms with E-state index in [0.29, 0.717) is 5.69 Å². The van der Waals surface area contributed by atoms with E-state index in [4.69, 9.17) is 11.5 Å². The predicted octanol–water partition coefficient (Wildman–Crippen LogP) is 0.658. The number of primary amides is 1. The number of nitrogens with zero attached hydrogens (tertiary/aromatic N) is 1. The molecule has 2 aromatic rings. The molecular weight excluding hydrogens is 237 g/mol. The fourth-order valence-corrected chi connectivity index (χ4v) is 1.60. The SMILES string of the molecule is NC(=O)c1c(N)ccn(-c2ccc(F)cc2)c1=O. The number of anilines is 1. The van der Waals surface area contributed by atoms with E-state index in [1.807, 2.05) is 0 Å². The molecule has 0 aliphatic rings. The van der Waals surface area contributed by atoms with Gasteiger partial charge in [0.1, 0.15) is 11.4 Å². The Morgan fingerprint density at radius 3 is 2.33 bits per heavy atom. The molecule has 0 saturated carbocycles. The maximum Gasteiger partial charge on any atom is 0.270 e. The lowest BCUT2D eigenvalue weighted by molar-refractivity contribution is 0.0999. The number of halogens is 1. The van der Waals surface area contributed by atoms with Gasteiger partial charge in [-0.25, -0.2) is 4.39 Å². The van der Waals surface area contributed by atoms with Crippen molar-refractivity contribution in [3.05, 3.63) is 58.3 Å². The summed E-state index contributed by atoms with van der Waals surface area (Å²) in [5.74, 6) is -1.31. The summed E-state index contributed by atoms with van der Waals surface area (Å²) in [4.78, 5) is 23.2. The average molecular weight is 247 g/mol. The Bertz CT molecular complexity index is 662. The molecule has 92 valence electrons. The molecule has 1 heterocycles. The van der Waals surface area contributed by atoms with E-state index in [9.17, 15) is 14.0 Å². The molecule has 0 fully saturated rings. The van der Waals surface area contributed by atoms with Gasteiger partial charge in [-0.1, -0.05) is 0 Å². The van der Waals surface area contributed by atoms with Crippen molar-refractivity contribution in [1.82, 2.24) is 4.57 Å². The molecule has 1 aromatic heterocycles. The lowest BCUT2D eigenvalue weighted by atomic mass is 10.2. The smallest absolute Gasteiger partial charge is 0.270 e. The van der Waals surface area contributed by atoms with Gasteiger partial charge in [0.25, 0.3) is 11.5 Å². The van der Waals surface area contributed by atoms with Gasteiger partial charge in [0, 0.05) is 11.9 Å². The minimum absolute atomic E-state index is 0.0193. The second-order valence-corrected chi connectivity index (χ2v) is 3.66. The highest BCUT2D eigenvalue weighted by molar-refractivity contribution is 5.97. The number of hydrogen-bond acceptors (Lipinski definition) is 3. The van der Waals surface area contributed by atoms with Crippen molar-refractivity contribution in [3.63, 3.8) is 0 Å². The average Bonchev–Trinajstić information content (AvgIpc) is 2.30. The molecule has 0 atom stereocenters. The first-order valence-electron chi connectivity index (χ1n) is 5.07. The largest absolute Gasteiger partial charge is 0.398 e. The first-order chi connectivity index (χ1) is 8.50. The molecule has 1 amide bonds. The zero-order chi connectivity index (χ0) is 13.3. The van der Waals surface area contributed by atoms with Crippen LogP contribution in [0.25, 0.3) is 5.69 Å². The van der Waals surface area contributed by atoms with Gasteiger partial charge in [-0.3, -0.25) is 14.2 Å². The van der Waals surface area contributed by atoms with Gasteiger partial charge in [-0.15, -0.1) is 0 Å². The zero-order valence-corrected chi connectivity index (χ0v) is 9.26. The molecule has 0 radical (unpaired) electrons. The number of nitrogen functional groups attached to an aromatic ring is 1. The van der Waals surface area contributed by atoms with Crippen LogP contribution in [0.1, 0.15) is 10.4 Å². The summed E-state index contributed by atoms with van der Waals surface area (Å²) in [5.41, 5.74) is 10.1. The summed E-state index contributed by atoms with van der Waals surface area (Å²) in [5, 5.41) is 0. The van der Waals surface area contributed by atoms with Crippen molar-refractivity contribution in [3.8, 4) is 5.69 Å². The lowest BCUT2D eigenvalue weighted by Crippen LogP contribution is -2.29.